The number of benzene rings is 2. The Hall–Kier alpha value is -3.13. The summed E-state index contributed by atoms with van der Waals surface area (Å²) in [7, 11) is 3.14. The highest BCUT2D eigenvalue weighted by atomic mass is 32.1. The second-order valence-electron chi connectivity index (χ2n) is 6.54. The highest BCUT2D eigenvalue weighted by Gasteiger charge is 2.43. The highest BCUT2D eigenvalue weighted by Crippen LogP contribution is 2.30. The Balaban J connectivity index is 1.83. The quantitative estimate of drug-likeness (QED) is 0.666. The molecule has 1 heterocycles. The molecule has 2 aromatic carbocycles. The fraction of sp³-hybridized carbons (Fsp3) is 0.286. The maximum absolute atomic E-state index is 13.0. The number of amides is 1. The lowest BCUT2D eigenvalue weighted by Gasteiger charge is -2.23. The predicted octanol–water partition coefficient (Wildman–Crippen LogP) is 2.72. The first-order valence-electron chi connectivity index (χ1n) is 9.08. The number of methoxy groups -OCH3 is 2. The van der Waals surface area contributed by atoms with Crippen molar-refractivity contribution in [3.63, 3.8) is 0 Å². The third kappa shape index (κ3) is 4.32. The molecule has 2 aromatic rings. The van der Waals surface area contributed by atoms with Gasteiger partial charge in [-0.1, -0.05) is 24.3 Å². The molecule has 7 nitrogen and oxygen atoms in total. The zero-order valence-electron chi connectivity index (χ0n) is 16.2. The minimum Gasteiger partial charge on any atom is -0.493 e. The van der Waals surface area contributed by atoms with Crippen LogP contribution in [-0.4, -0.2) is 53.8 Å². The van der Waals surface area contributed by atoms with E-state index in [1.165, 1.54) is 4.90 Å². The SMILES string of the molecule is COc1ccc(CCN2C(=S)N(c3ccccc3)C(=O)[C@H]2CC(=O)O)cc1OC. The maximum Gasteiger partial charge on any atom is 0.305 e. The lowest BCUT2D eigenvalue weighted by molar-refractivity contribution is -0.139. The van der Waals surface area contributed by atoms with Gasteiger partial charge in [-0.3, -0.25) is 14.5 Å². The van der Waals surface area contributed by atoms with Crippen molar-refractivity contribution in [2.24, 2.45) is 0 Å². The smallest absolute Gasteiger partial charge is 0.305 e. The van der Waals surface area contributed by atoms with Crippen LogP contribution < -0.4 is 14.4 Å². The first-order chi connectivity index (χ1) is 14.0. The molecule has 0 radical (unpaired) electrons. The molecule has 0 bridgehead atoms. The number of carboxylic acid groups (broad SMARTS) is 1. The first kappa shape index (κ1) is 20.6. The molecule has 1 aliphatic rings. The van der Waals surface area contributed by atoms with Crippen molar-refractivity contribution in [2.75, 3.05) is 25.7 Å². The van der Waals surface area contributed by atoms with Crippen LogP contribution in [0.3, 0.4) is 0 Å². The second-order valence-corrected chi connectivity index (χ2v) is 6.90. The summed E-state index contributed by atoms with van der Waals surface area (Å²) in [5.74, 6) is -0.131. The Labute approximate surface area is 174 Å². The van der Waals surface area contributed by atoms with Crippen molar-refractivity contribution in [3.8, 4) is 11.5 Å². The lowest BCUT2D eigenvalue weighted by Crippen LogP contribution is -2.38. The molecule has 0 aliphatic carbocycles. The molecule has 29 heavy (non-hydrogen) atoms. The van der Waals surface area contributed by atoms with Gasteiger partial charge in [0.15, 0.2) is 16.6 Å². The third-order valence-corrected chi connectivity index (χ3v) is 5.21. The van der Waals surface area contributed by atoms with Gasteiger partial charge < -0.3 is 19.5 Å². The van der Waals surface area contributed by atoms with Crippen LogP contribution >= 0.6 is 12.2 Å². The van der Waals surface area contributed by atoms with Gasteiger partial charge in [0, 0.05) is 6.54 Å². The highest BCUT2D eigenvalue weighted by molar-refractivity contribution is 7.80. The molecular weight excluding hydrogens is 392 g/mol. The van der Waals surface area contributed by atoms with E-state index in [-0.39, 0.29) is 12.3 Å². The normalized spacial score (nSPS) is 16.3. The molecule has 1 amide bonds. The largest absolute Gasteiger partial charge is 0.493 e. The zero-order valence-corrected chi connectivity index (χ0v) is 17.0. The van der Waals surface area contributed by atoms with Gasteiger partial charge in [-0.25, -0.2) is 0 Å². The Morgan fingerprint density at radius 1 is 1.10 bits per heavy atom. The second kappa shape index (κ2) is 8.91. The molecule has 0 spiro atoms. The molecule has 1 aliphatic heterocycles. The van der Waals surface area contributed by atoms with Crippen LogP contribution in [0.1, 0.15) is 12.0 Å². The van der Waals surface area contributed by atoms with Crippen molar-refractivity contribution in [3.05, 3.63) is 54.1 Å². The molecule has 3 rings (SSSR count). The third-order valence-electron chi connectivity index (χ3n) is 4.79. The van der Waals surface area contributed by atoms with Gasteiger partial charge in [-0.05, 0) is 48.5 Å². The van der Waals surface area contributed by atoms with Crippen molar-refractivity contribution in [1.29, 1.82) is 0 Å². The Kier molecular flexibility index (Phi) is 6.33. The fourth-order valence-corrected chi connectivity index (χ4v) is 3.77. The van der Waals surface area contributed by atoms with Crippen molar-refractivity contribution < 1.29 is 24.2 Å². The Bertz CT molecular complexity index is 919. The van der Waals surface area contributed by atoms with E-state index in [1.807, 2.05) is 36.4 Å². The summed E-state index contributed by atoms with van der Waals surface area (Å²) in [5, 5.41) is 9.61. The Morgan fingerprint density at radius 2 is 1.79 bits per heavy atom. The van der Waals surface area contributed by atoms with Crippen LogP contribution in [0, 0.1) is 0 Å². The number of thiocarbonyl (C=S) groups is 1. The van der Waals surface area contributed by atoms with Gasteiger partial charge >= 0.3 is 5.97 Å². The molecule has 1 fully saturated rings. The van der Waals surface area contributed by atoms with E-state index in [0.717, 1.165) is 5.56 Å². The van der Waals surface area contributed by atoms with Gasteiger partial charge in [0.05, 0.1) is 26.3 Å². The zero-order chi connectivity index (χ0) is 21.0. The number of aliphatic carboxylic acids is 1. The van der Waals surface area contributed by atoms with Gasteiger partial charge in [0.2, 0.25) is 0 Å². The Morgan fingerprint density at radius 3 is 2.41 bits per heavy atom. The van der Waals surface area contributed by atoms with E-state index in [1.54, 1.807) is 31.3 Å². The minimum atomic E-state index is -1.04. The van der Waals surface area contributed by atoms with Gasteiger partial charge in [0.25, 0.3) is 5.91 Å². The number of hydrogen-bond acceptors (Lipinski definition) is 5. The molecule has 0 aromatic heterocycles. The first-order valence-corrected chi connectivity index (χ1v) is 9.49. The number of anilines is 1. The van der Waals surface area contributed by atoms with E-state index in [2.05, 4.69) is 0 Å². The number of hydrogen-bond donors (Lipinski definition) is 1. The molecule has 1 atom stereocenters. The fourth-order valence-electron chi connectivity index (χ4n) is 3.35. The number of carboxylic acids is 1. The average molecular weight is 414 g/mol. The number of carbonyl (C=O) groups is 2. The maximum atomic E-state index is 13.0. The topological polar surface area (TPSA) is 79.3 Å². The van der Waals surface area contributed by atoms with Crippen molar-refractivity contribution >= 4 is 34.9 Å². The minimum absolute atomic E-state index is 0.311. The molecule has 8 heteroatoms. The van der Waals surface area contributed by atoms with Crippen LogP contribution in [0.5, 0.6) is 11.5 Å². The summed E-state index contributed by atoms with van der Waals surface area (Å²) in [6, 6.07) is 13.8. The van der Waals surface area contributed by atoms with Crippen molar-refractivity contribution in [1.82, 2.24) is 4.90 Å². The van der Waals surface area contributed by atoms with Crippen molar-refractivity contribution in [2.45, 2.75) is 18.9 Å². The summed E-state index contributed by atoms with van der Waals surface area (Å²) in [4.78, 5) is 27.4. The van der Waals surface area contributed by atoms with Gasteiger partial charge in [-0.2, -0.15) is 0 Å². The van der Waals surface area contributed by atoms with E-state index in [9.17, 15) is 14.7 Å². The summed E-state index contributed by atoms with van der Waals surface area (Å²) >= 11 is 5.55. The molecular formula is C21H22N2O5S. The van der Waals surface area contributed by atoms with E-state index < -0.39 is 12.0 Å². The van der Waals surface area contributed by atoms with E-state index >= 15 is 0 Å². The molecule has 0 saturated carbocycles. The monoisotopic (exact) mass is 414 g/mol. The lowest BCUT2D eigenvalue weighted by atomic mass is 10.1. The number of carbonyl (C=O) groups excluding carboxylic acids is 1. The van der Waals surface area contributed by atoms with Gasteiger partial charge in [-0.15, -0.1) is 0 Å². The van der Waals surface area contributed by atoms with Crippen LogP contribution in [0.25, 0.3) is 0 Å². The van der Waals surface area contributed by atoms with Crippen LogP contribution in [-0.2, 0) is 16.0 Å². The number of ether oxygens (including phenoxy) is 2. The molecule has 152 valence electrons. The molecule has 1 N–H and O–H groups in total. The predicted molar refractivity (Wildman–Crippen MR) is 113 cm³/mol. The van der Waals surface area contributed by atoms with Crippen LogP contribution in [0.15, 0.2) is 48.5 Å². The summed E-state index contributed by atoms with van der Waals surface area (Å²) in [6.07, 6.45) is 0.251. The average Bonchev–Trinajstić information content (AvgIpc) is 2.95. The van der Waals surface area contributed by atoms with E-state index in [4.69, 9.17) is 21.7 Å². The number of para-hydroxylation sites is 1. The standard InChI is InChI=1S/C21H22N2O5S/c1-27-17-9-8-14(12-18(17)28-2)10-11-22-16(13-19(24)25)20(26)23(21(22)29)15-6-4-3-5-7-15/h3-9,12,16H,10-11,13H2,1-2H3,(H,24,25)/t16-/m1/s1. The van der Waals surface area contributed by atoms with Gasteiger partial charge in [0.1, 0.15) is 6.04 Å². The van der Waals surface area contributed by atoms with Crippen LogP contribution in [0.2, 0.25) is 0 Å². The molecule has 1 saturated heterocycles. The summed E-state index contributed by atoms with van der Waals surface area (Å²) in [5.41, 5.74) is 1.59. The molecule has 0 unspecified atom stereocenters. The summed E-state index contributed by atoms with van der Waals surface area (Å²) in [6.45, 7) is 0.404. The van der Waals surface area contributed by atoms with E-state index in [0.29, 0.717) is 35.3 Å². The number of rotatable bonds is 8. The number of nitrogens with zero attached hydrogens (tertiary/aromatic N) is 2. The van der Waals surface area contributed by atoms with Crippen LogP contribution in [0.4, 0.5) is 5.69 Å². The summed E-state index contributed by atoms with van der Waals surface area (Å²) < 4.78 is 10.6.